The Labute approximate surface area is 151 Å². The minimum absolute atomic E-state index is 0.0177. The van der Waals surface area contributed by atoms with Gasteiger partial charge in [0.2, 0.25) is 5.91 Å². The van der Waals surface area contributed by atoms with Crippen LogP contribution >= 0.6 is 11.3 Å². The molecule has 0 aliphatic heterocycles. The van der Waals surface area contributed by atoms with E-state index in [0.29, 0.717) is 13.1 Å². The largest absolute Gasteiger partial charge is 0.454 e. The first-order chi connectivity index (χ1) is 11.8. The van der Waals surface area contributed by atoms with Crippen molar-refractivity contribution in [2.75, 3.05) is 13.6 Å². The zero-order chi connectivity index (χ0) is 18.0. The number of benzene rings is 1. The molecule has 0 bridgehead atoms. The van der Waals surface area contributed by atoms with Gasteiger partial charge in [0, 0.05) is 16.3 Å². The molecule has 2 aromatic heterocycles. The van der Waals surface area contributed by atoms with Gasteiger partial charge in [-0.15, -0.1) is 11.3 Å². The molecule has 5 nitrogen and oxygen atoms in total. The number of hydrogen-bond acceptors (Lipinski definition) is 5. The molecule has 25 heavy (non-hydrogen) atoms. The zero-order valence-electron chi connectivity index (χ0n) is 15.0. The van der Waals surface area contributed by atoms with Gasteiger partial charge in [-0.05, 0) is 40.0 Å². The minimum atomic E-state index is -0.215. The summed E-state index contributed by atoms with van der Waals surface area (Å²) in [5.74, 6) is 0.792. The fourth-order valence-electron chi connectivity index (χ4n) is 2.59. The first-order valence-corrected chi connectivity index (χ1v) is 9.11. The lowest BCUT2D eigenvalue weighted by Gasteiger charge is -2.22. The normalized spacial score (nSPS) is 12.0. The van der Waals surface area contributed by atoms with Gasteiger partial charge < -0.3 is 9.73 Å². The highest BCUT2D eigenvalue weighted by atomic mass is 32.1. The summed E-state index contributed by atoms with van der Waals surface area (Å²) in [6, 6.07) is 9.94. The van der Waals surface area contributed by atoms with Gasteiger partial charge in [-0.3, -0.25) is 9.69 Å². The summed E-state index contributed by atoms with van der Waals surface area (Å²) in [5.41, 5.74) is 1.49. The van der Waals surface area contributed by atoms with Crippen molar-refractivity contribution in [1.29, 1.82) is 0 Å². The number of furan rings is 1. The molecule has 3 rings (SSSR count). The Morgan fingerprint density at radius 2 is 2.08 bits per heavy atom. The lowest BCUT2D eigenvalue weighted by Crippen LogP contribution is -2.45. The van der Waals surface area contributed by atoms with E-state index in [0.717, 1.165) is 27.4 Å². The molecule has 0 atom stereocenters. The molecule has 1 N–H and O–H groups in total. The van der Waals surface area contributed by atoms with E-state index in [1.54, 1.807) is 11.3 Å². The molecule has 6 heteroatoms. The second kappa shape index (κ2) is 6.98. The third kappa shape index (κ3) is 4.67. The molecular formula is C19H23N3O2S. The molecule has 0 saturated heterocycles. The van der Waals surface area contributed by atoms with Crippen LogP contribution in [0.2, 0.25) is 0 Å². The van der Waals surface area contributed by atoms with Crippen LogP contribution in [-0.2, 0) is 11.3 Å². The van der Waals surface area contributed by atoms with Crippen LogP contribution in [-0.4, -0.2) is 34.9 Å². The molecule has 1 amide bonds. The maximum Gasteiger partial charge on any atom is 0.234 e. The molecule has 0 fully saturated rings. The van der Waals surface area contributed by atoms with Crippen molar-refractivity contribution in [3.05, 3.63) is 40.7 Å². The lowest BCUT2D eigenvalue weighted by atomic mass is 10.1. The maximum absolute atomic E-state index is 12.0. The summed E-state index contributed by atoms with van der Waals surface area (Å²) in [7, 11) is 1.92. The van der Waals surface area contributed by atoms with Crippen LogP contribution < -0.4 is 5.32 Å². The van der Waals surface area contributed by atoms with E-state index in [4.69, 9.17) is 4.42 Å². The van der Waals surface area contributed by atoms with Crippen LogP contribution in [0.15, 0.2) is 40.1 Å². The smallest absolute Gasteiger partial charge is 0.234 e. The summed E-state index contributed by atoms with van der Waals surface area (Å²) >= 11 is 1.58. The Kier molecular flexibility index (Phi) is 4.92. The number of nitrogens with zero attached hydrogens (tertiary/aromatic N) is 2. The van der Waals surface area contributed by atoms with Gasteiger partial charge in [0.1, 0.15) is 16.3 Å². The van der Waals surface area contributed by atoms with Crippen molar-refractivity contribution in [3.63, 3.8) is 0 Å². The van der Waals surface area contributed by atoms with E-state index in [-0.39, 0.29) is 11.4 Å². The van der Waals surface area contributed by atoms with Gasteiger partial charge >= 0.3 is 0 Å². The highest BCUT2D eigenvalue weighted by Gasteiger charge is 2.16. The SMILES string of the molecule is CN(CC(=O)NC(C)(C)C)Cc1nc(-c2cc3ccccc3o2)cs1. The number of thiazole rings is 1. The monoisotopic (exact) mass is 357 g/mol. The molecule has 0 radical (unpaired) electrons. The summed E-state index contributed by atoms with van der Waals surface area (Å²) in [6.45, 7) is 6.90. The van der Waals surface area contributed by atoms with Crippen LogP contribution in [0, 0.1) is 0 Å². The van der Waals surface area contributed by atoms with E-state index in [9.17, 15) is 4.79 Å². The predicted octanol–water partition coefficient (Wildman–Crippen LogP) is 3.90. The van der Waals surface area contributed by atoms with Gasteiger partial charge in [-0.2, -0.15) is 0 Å². The number of carbonyl (C=O) groups is 1. The Balaban J connectivity index is 1.64. The van der Waals surface area contributed by atoms with Gasteiger partial charge in [-0.25, -0.2) is 4.98 Å². The highest BCUT2D eigenvalue weighted by Crippen LogP contribution is 2.28. The quantitative estimate of drug-likeness (QED) is 0.752. The summed E-state index contributed by atoms with van der Waals surface area (Å²) in [5, 5.41) is 7.00. The number of carbonyl (C=O) groups excluding carboxylic acids is 1. The van der Waals surface area contributed by atoms with Crippen molar-refractivity contribution < 1.29 is 9.21 Å². The van der Waals surface area contributed by atoms with Crippen LogP contribution in [0.25, 0.3) is 22.4 Å². The summed E-state index contributed by atoms with van der Waals surface area (Å²) in [6.07, 6.45) is 0. The van der Waals surface area contributed by atoms with Crippen LogP contribution in [0.3, 0.4) is 0 Å². The third-order valence-corrected chi connectivity index (χ3v) is 4.40. The number of fused-ring (bicyclic) bond motifs is 1. The molecule has 0 aliphatic rings. The molecule has 1 aromatic carbocycles. The van der Waals surface area contributed by atoms with E-state index in [1.807, 2.05) is 68.4 Å². The highest BCUT2D eigenvalue weighted by molar-refractivity contribution is 7.09. The Bertz CT molecular complexity index is 843. The molecule has 0 saturated carbocycles. The van der Waals surface area contributed by atoms with Gasteiger partial charge in [0.25, 0.3) is 0 Å². The first-order valence-electron chi connectivity index (χ1n) is 8.23. The number of hydrogen-bond donors (Lipinski definition) is 1. The van der Waals surface area contributed by atoms with E-state index in [2.05, 4.69) is 10.3 Å². The Morgan fingerprint density at radius 1 is 1.32 bits per heavy atom. The molecule has 0 unspecified atom stereocenters. The van der Waals surface area contributed by atoms with Crippen molar-refractivity contribution in [2.24, 2.45) is 0 Å². The average molecular weight is 357 g/mol. The maximum atomic E-state index is 12.0. The van der Waals surface area contributed by atoms with E-state index < -0.39 is 0 Å². The van der Waals surface area contributed by atoms with Gasteiger partial charge in [-0.1, -0.05) is 18.2 Å². The second-order valence-corrected chi connectivity index (χ2v) is 8.19. The second-order valence-electron chi connectivity index (χ2n) is 7.25. The number of rotatable bonds is 5. The van der Waals surface area contributed by atoms with Crippen LogP contribution in [0.5, 0.6) is 0 Å². The van der Waals surface area contributed by atoms with Crippen LogP contribution in [0.4, 0.5) is 0 Å². The van der Waals surface area contributed by atoms with Crippen molar-refractivity contribution in [1.82, 2.24) is 15.2 Å². The molecule has 2 heterocycles. The standard InChI is InChI=1S/C19H23N3O2S/c1-19(2,3)21-17(23)10-22(4)11-18-20-14(12-25-18)16-9-13-7-5-6-8-15(13)24-16/h5-9,12H,10-11H2,1-4H3,(H,21,23). The zero-order valence-corrected chi connectivity index (χ0v) is 15.8. The van der Waals surface area contributed by atoms with E-state index >= 15 is 0 Å². The minimum Gasteiger partial charge on any atom is -0.454 e. The molecular weight excluding hydrogens is 334 g/mol. The topological polar surface area (TPSA) is 58.4 Å². The van der Waals surface area contributed by atoms with E-state index in [1.165, 1.54) is 0 Å². The fourth-order valence-corrected chi connectivity index (χ4v) is 3.46. The summed E-state index contributed by atoms with van der Waals surface area (Å²) < 4.78 is 5.86. The van der Waals surface area contributed by atoms with Crippen molar-refractivity contribution in [3.8, 4) is 11.5 Å². The number of aromatic nitrogens is 1. The van der Waals surface area contributed by atoms with Gasteiger partial charge in [0.15, 0.2) is 5.76 Å². The molecule has 0 spiro atoms. The number of para-hydroxylation sites is 1. The fraction of sp³-hybridized carbons (Fsp3) is 0.368. The lowest BCUT2D eigenvalue weighted by molar-refractivity contribution is -0.123. The predicted molar refractivity (Wildman–Crippen MR) is 102 cm³/mol. The Morgan fingerprint density at radius 3 is 2.80 bits per heavy atom. The van der Waals surface area contributed by atoms with Crippen LogP contribution in [0.1, 0.15) is 25.8 Å². The average Bonchev–Trinajstić information content (AvgIpc) is 3.10. The van der Waals surface area contributed by atoms with Crippen molar-refractivity contribution in [2.45, 2.75) is 32.9 Å². The number of nitrogens with one attached hydrogen (secondary N) is 1. The Hall–Kier alpha value is -2.18. The molecule has 3 aromatic rings. The molecule has 0 aliphatic carbocycles. The summed E-state index contributed by atoms with van der Waals surface area (Å²) in [4.78, 5) is 18.6. The third-order valence-electron chi connectivity index (χ3n) is 3.56. The number of likely N-dealkylation sites (N-methyl/N-ethyl adjacent to an activating group) is 1. The van der Waals surface area contributed by atoms with Crippen molar-refractivity contribution >= 4 is 28.2 Å². The number of amides is 1. The first kappa shape index (κ1) is 17.6. The molecule has 132 valence electrons. The van der Waals surface area contributed by atoms with Gasteiger partial charge in [0.05, 0.1) is 13.1 Å².